The van der Waals surface area contributed by atoms with Gasteiger partial charge in [0.25, 0.3) is 5.19 Å². The van der Waals surface area contributed by atoms with Crippen LogP contribution in [-0.4, -0.2) is 36.2 Å². The Kier molecular flexibility index (Phi) is 4.61. The molecule has 2 heterocycles. The lowest BCUT2D eigenvalue weighted by Gasteiger charge is -2.13. The number of benzene rings is 1. The number of anilines is 3. The third-order valence-electron chi connectivity index (χ3n) is 3.48. The van der Waals surface area contributed by atoms with E-state index in [9.17, 15) is 0 Å². The number of hydrogen-bond acceptors (Lipinski definition) is 7. The first-order valence-corrected chi connectivity index (χ1v) is 8.27. The number of hydrogen-bond donors (Lipinski definition) is 1. The highest BCUT2D eigenvalue weighted by Crippen LogP contribution is 2.33. The first-order chi connectivity index (χ1) is 11.6. The van der Waals surface area contributed by atoms with Crippen LogP contribution < -0.4 is 15.0 Å². The molecule has 3 aromatic rings. The summed E-state index contributed by atoms with van der Waals surface area (Å²) in [6.07, 6.45) is 1.74. The van der Waals surface area contributed by atoms with E-state index in [2.05, 4.69) is 25.2 Å². The zero-order valence-electron chi connectivity index (χ0n) is 14.1. The van der Waals surface area contributed by atoms with Crippen LogP contribution in [0, 0.1) is 6.92 Å². The molecule has 0 radical (unpaired) electrons. The third-order valence-corrected chi connectivity index (χ3v) is 4.62. The van der Waals surface area contributed by atoms with Crippen molar-refractivity contribution in [2.75, 3.05) is 31.4 Å². The summed E-state index contributed by atoms with van der Waals surface area (Å²) in [5.74, 6) is 0.553. The van der Waals surface area contributed by atoms with Gasteiger partial charge in [-0.25, -0.2) is 15.0 Å². The van der Waals surface area contributed by atoms with Gasteiger partial charge in [0.05, 0.1) is 23.4 Å². The molecule has 0 fully saturated rings. The van der Waals surface area contributed by atoms with Gasteiger partial charge in [-0.05, 0) is 37.3 Å². The van der Waals surface area contributed by atoms with Crippen LogP contribution in [0.3, 0.4) is 0 Å². The molecule has 6 nitrogen and oxygen atoms in total. The highest BCUT2D eigenvalue weighted by Gasteiger charge is 2.12. The Morgan fingerprint density at radius 1 is 1.08 bits per heavy atom. The monoisotopic (exact) mass is 341 g/mol. The number of aromatic nitrogens is 3. The first-order valence-electron chi connectivity index (χ1n) is 7.46. The molecule has 1 N–H and O–H groups in total. The fraction of sp³-hybridized carbons (Fsp3) is 0.235. The molecule has 0 atom stereocenters. The van der Waals surface area contributed by atoms with Crippen molar-refractivity contribution >= 4 is 28.7 Å². The number of ether oxygens (including phenoxy) is 1. The van der Waals surface area contributed by atoms with Gasteiger partial charge in [-0.15, -0.1) is 0 Å². The predicted molar refractivity (Wildman–Crippen MR) is 98.5 cm³/mol. The first kappa shape index (κ1) is 16.2. The second-order valence-electron chi connectivity index (χ2n) is 5.43. The molecular weight excluding hydrogens is 322 g/mol. The maximum absolute atomic E-state index is 5.20. The minimum Gasteiger partial charge on any atom is -0.473 e. The summed E-state index contributed by atoms with van der Waals surface area (Å²) < 4.78 is 5.20. The molecule has 0 saturated carbocycles. The molecule has 0 unspecified atom stereocenters. The number of thiazole rings is 1. The topological polar surface area (TPSA) is 63.2 Å². The van der Waals surface area contributed by atoms with Gasteiger partial charge in [0.2, 0.25) is 5.95 Å². The smallest absolute Gasteiger partial charge is 0.273 e. The Morgan fingerprint density at radius 3 is 2.46 bits per heavy atom. The molecule has 1 aromatic carbocycles. The van der Waals surface area contributed by atoms with Gasteiger partial charge in [0.15, 0.2) is 0 Å². The molecule has 0 amide bonds. The van der Waals surface area contributed by atoms with Crippen molar-refractivity contribution in [2.24, 2.45) is 0 Å². The van der Waals surface area contributed by atoms with Crippen LogP contribution in [0.1, 0.15) is 5.69 Å². The number of aryl methyl sites for hydroxylation is 1. The standard InChI is InChI=1S/C17H19N5OS/c1-11-15(24-17(19-11)23-4)14-9-10-18-16(21-14)20-12-5-7-13(8-6-12)22(2)3/h5-10H,1-4H3,(H,18,20,21). The molecule has 0 aliphatic carbocycles. The van der Waals surface area contributed by atoms with E-state index in [1.807, 2.05) is 51.4 Å². The average molecular weight is 341 g/mol. The highest BCUT2D eigenvalue weighted by molar-refractivity contribution is 7.17. The molecule has 24 heavy (non-hydrogen) atoms. The van der Waals surface area contributed by atoms with E-state index in [0.717, 1.165) is 27.6 Å². The molecular formula is C17H19N5OS. The lowest BCUT2D eigenvalue weighted by atomic mass is 10.2. The van der Waals surface area contributed by atoms with Crippen molar-refractivity contribution < 1.29 is 4.74 Å². The maximum Gasteiger partial charge on any atom is 0.273 e. The Morgan fingerprint density at radius 2 is 1.83 bits per heavy atom. The molecule has 3 rings (SSSR count). The summed E-state index contributed by atoms with van der Waals surface area (Å²) in [6, 6.07) is 9.98. The molecule has 0 aliphatic rings. The van der Waals surface area contributed by atoms with Gasteiger partial charge in [0.1, 0.15) is 0 Å². The second kappa shape index (κ2) is 6.84. The van der Waals surface area contributed by atoms with Gasteiger partial charge in [0, 0.05) is 31.7 Å². The van der Waals surface area contributed by atoms with E-state index in [4.69, 9.17) is 4.74 Å². The summed E-state index contributed by atoms with van der Waals surface area (Å²) in [4.78, 5) is 16.3. The van der Waals surface area contributed by atoms with Crippen LogP contribution in [0.25, 0.3) is 10.6 Å². The van der Waals surface area contributed by atoms with Crippen molar-refractivity contribution in [1.82, 2.24) is 15.0 Å². The fourth-order valence-electron chi connectivity index (χ4n) is 2.21. The third kappa shape index (κ3) is 3.46. The lowest BCUT2D eigenvalue weighted by molar-refractivity contribution is 0.411. The summed E-state index contributed by atoms with van der Waals surface area (Å²) in [6.45, 7) is 1.95. The van der Waals surface area contributed by atoms with Crippen LogP contribution >= 0.6 is 11.3 Å². The van der Waals surface area contributed by atoms with Crippen LogP contribution in [0.15, 0.2) is 36.5 Å². The summed E-state index contributed by atoms with van der Waals surface area (Å²) in [7, 11) is 5.65. The molecule has 0 saturated heterocycles. The summed E-state index contributed by atoms with van der Waals surface area (Å²) in [5.41, 5.74) is 3.81. The molecule has 0 aliphatic heterocycles. The van der Waals surface area contributed by atoms with E-state index in [-0.39, 0.29) is 0 Å². The van der Waals surface area contributed by atoms with Crippen molar-refractivity contribution in [1.29, 1.82) is 0 Å². The van der Waals surface area contributed by atoms with E-state index >= 15 is 0 Å². The minimum absolute atomic E-state index is 0.553. The molecule has 7 heteroatoms. The maximum atomic E-state index is 5.20. The molecule has 2 aromatic heterocycles. The van der Waals surface area contributed by atoms with Crippen molar-refractivity contribution in [2.45, 2.75) is 6.92 Å². The average Bonchev–Trinajstić information content (AvgIpc) is 2.97. The number of nitrogens with zero attached hydrogens (tertiary/aromatic N) is 4. The van der Waals surface area contributed by atoms with Crippen LogP contribution in [0.4, 0.5) is 17.3 Å². The van der Waals surface area contributed by atoms with Crippen molar-refractivity contribution in [3.8, 4) is 15.8 Å². The van der Waals surface area contributed by atoms with Crippen LogP contribution in [-0.2, 0) is 0 Å². The minimum atomic E-state index is 0.553. The quantitative estimate of drug-likeness (QED) is 0.763. The van der Waals surface area contributed by atoms with Gasteiger partial charge >= 0.3 is 0 Å². The van der Waals surface area contributed by atoms with Gasteiger partial charge in [-0.2, -0.15) is 0 Å². The zero-order chi connectivity index (χ0) is 17.1. The van der Waals surface area contributed by atoms with E-state index in [0.29, 0.717) is 11.1 Å². The lowest BCUT2D eigenvalue weighted by Crippen LogP contribution is -2.08. The van der Waals surface area contributed by atoms with E-state index in [1.54, 1.807) is 13.3 Å². The Balaban J connectivity index is 1.83. The van der Waals surface area contributed by atoms with Crippen molar-refractivity contribution in [3.63, 3.8) is 0 Å². The second-order valence-corrected chi connectivity index (χ2v) is 6.39. The Hall–Kier alpha value is -2.67. The van der Waals surface area contributed by atoms with Crippen molar-refractivity contribution in [3.05, 3.63) is 42.2 Å². The normalized spacial score (nSPS) is 10.5. The molecule has 0 bridgehead atoms. The predicted octanol–water partition coefficient (Wildman–Crippen LogP) is 3.73. The fourth-order valence-corrected chi connectivity index (χ4v) is 3.07. The number of nitrogens with one attached hydrogen (secondary N) is 1. The number of methoxy groups -OCH3 is 1. The SMILES string of the molecule is COc1nc(C)c(-c2ccnc(Nc3ccc(N(C)C)cc3)n2)s1. The molecule has 0 spiro atoms. The van der Waals surface area contributed by atoms with E-state index in [1.165, 1.54) is 11.3 Å². The zero-order valence-corrected chi connectivity index (χ0v) is 14.9. The van der Waals surface area contributed by atoms with Gasteiger partial charge in [-0.3, -0.25) is 0 Å². The highest BCUT2D eigenvalue weighted by atomic mass is 32.1. The Bertz CT molecular complexity index is 829. The van der Waals surface area contributed by atoms with Gasteiger partial charge < -0.3 is 15.0 Å². The van der Waals surface area contributed by atoms with Gasteiger partial charge in [-0.1, -0.05) is 11.3 Å². The summed E-state index contributed by atoms with van der Waals surface area (Å²) in [5, 5.41) is 3.87. The largest absolute Gasteiger partial charge is 0.473 e. The number of rotatable bonds is 5. The van der Waals surface area contributed by atoms with E-state index < -0.39 is 0 Å². The summed E-state index contributed by atoms with van der Waals surface area (Å²) >= 11 is 1.48. The Labute approximate surface area is 145 Å². The molecule has 124 valence electrons. The van der Waals surface area contributed by atoms with Crippen LogP contribution in [0.5, 0.6) is 5.19 Å². The van der Waals surface area contributed by atoms with Crippen LogP contribution in [0.2, 0.25) is 0 Å².